The third-order valence-electron chi connectivity index (χ3n) is 4.75. The van der Waals surface area contributed by atoms with Gasteiger partial charge in [0.25, 0.3) is 0 Å². The standard InChI is InChI=1S/C25H29F3N/c1-2-3-4-5-6-7-8-9-12-22-13-10-11-14-23(22)20-29-19-21-15-17-24(18-16-21)25(26,27)28/h10-11,13-18H,2-8,19-20H2,1H3. The van der Waals surface area contributed by atoms with Gasteiger partial charge in [-0.1, -0.05) is 81.2 Å². The molecule has 0 atom stereocenters. The molecule has 2 aromatic carbocycles. The highest BCUT2D eigenvalue weighted by Gasteiger charge is 2.29. The second-order valence-corrected chi connectivity index (χ2v) is 7.21. The van der Waals surface area contributed by atoms with Crippen LogP contribution in [-0.2, 0) is 19.3 Å². The Morgan fingerprint density at radius 3 is 2.24 bits per heavy atom. The zero-order chi connectivity index (χ0) is 21.0. The van der Waals surface area contributed by atoms with Crippen LogP contribution in [0.25, 0.3) is 0 Å². The summed E-state index contributed by atoms with van der Waals surface area (Å²) in [5.74, 6) is 6.52. The van der Waals surface area contributed by atoms with Crippen LogP contribution in [0.15, 0.2) is 48.5 Å². The predicted octanol–water partition coefficient (Wildman–Crippen LogP) is 7.11. The maximum absolute atomic E-state index is 12.6. The van der Waals surface area contributed by atoms with E-state index >= 15 is 0 Å². The summed E-state index contributed by atoms with van der Waals surface area (Å²) in [6.07, 6.45) is 4.15. The van der Waals surface area contributed by atoms with Crippen LogP contribution in [0.3, 0.4) is 0 Å². The molecule has 0 saturated carbocycles. The summed E-state index contributed by atoms with van der Waals surface area (Å²) in [7, 11) is 0. The molecule has 4 heteroatoms. The third kappa shape index (κ3) is 8.75. The minimum Gasteiger partial charge on any atom is -0.232 e. The second kappa shape index (κ2) is 12.3. The Morgan fingerprint density at radius 2 is 1.52 bits per heavy atom. The maximum Gasteiger partial charge on any atom is 0.416 e. The van der Waals surface area contributed by atoms with Crippen LogP contribution in [0.4, 0.5) is 13.2 Å². The van der Waals surface area contributed by atoms with Crippen LogP contribution >= 0.6 is 0 Å². The van der Waals surface area contributed by atoms with Gasteiger partial charge in [0.05, 0.1) is 5.56 Å². The van der Waals surface area contributed by atoms with Crippen LogP contribution in [0, 0.1) is 11.8 Å². The summed E-state index contributed by atoms with van der Waals surface area (Å²) in [5.41, 5.74) is 2.17. The van der Waals surface area contributed by atoms with Gasteiger partial charge in [-0.3, -0.25) is 0 Å². The first-order valence-corrected chi connectivity index (χ1v) is 10.4. The molecule has 0 aromatic heterocycles. The highest BCUT2D eigenvalue weighted by molar-refractivity contribution is 5.41. The van der Waals surface area contributed by atoms with Gasteiger partial charge in [0, 0.05) is 25.1 Å². The van der Waals surface area contributed by atoms with E-state index < -0.39 is 11.7 Å². The molecule has 0 bridgehead atoms. The number of hydrogen-bond acceptors (Lipinski definition) is 0. The van der Waals surface area contributed by atoms with E-state index in [1.807, 2.05) is 24.3 Å². The van der Waals surface area contributed by atoms with Crippen LogP contribution in [0.2, 0.25) is 0 Å². The van der Waals surface area contributed by atoms with E-state index in [0.717, 1.165) is 41.7 Å². The summed E-state index contributed by atoms with van der Waals surface area (Å²) in [6, 6.07) is 13.1. The molecular formula is C25H29F3N. The van der Waals surface area contributed by atoms with Crippen LogP contribution in [0.1, 0.15) is 74.1 Å². The Labute approximate surface area is 172 Å². The van der Waals surface area contributed by atoms with Crippen LogP contribution in [-0.4, -0.2) is 0 Å². The molecule has 2 rings (SSSR count). The van der Waals surface area contributed by atoms with Gasteiger partial charge in [-0.05, 0) is 35.7 Å². The number of unbranched alkanes of at least 4 members (excludes halogenated alkanes) is 6. The summed E-state index contributed by atoms with van der Waals surface area (Å²) in [5, 5.41) is 4.50. The first-order chi connectivity index (χ1) is 14.0. The highest BCUT2D eigenvalue weighted by Crippen LogP contribution is 2.29. The van der Waals surface area contributed by atoms with Crippen molar-refractivity contribution in [2.75, 3.05) is 0 Å². The van der Waals surface area contributed by atoms with E-state index in [1.165, 1.54) is 44.2 Å². The summed E-state index contributed by atoms with van der Waals surface area (Å²) >= 11 is 0. The zero-order valence-corrected chi connectivity index (χ0v) is 17.1. The lowest BCUT2D eigenvalue weighted by Crippen LogP contribution is -2.08. The SMILES string of the molecule is CCCCCCCCC#Cc1ccccc1C[N]Cc1ccc(C(F)(F)F)cc1. The van der Waals surface area contributed by atoms with Crippen molar-refractivity contribution in [1.29, 1.82) is 0 Å². The van der Waals surface area contributed by atoms with Gasteiger partial charge in [0.15, 0.2) is 0 Å². The fourth-order valence-corrected chi connectivity index (χ4v) is 3.04. The number of rotatable bonds is 10. The van der Waals surface area contributed by atoms with Crippen molar-refractivity contribution < 1.29 is 13.2 Å². The lowest BCUT2D eigenvalue weighted by Gasteiger charge is -2.08. The molecule has 0 fully saturated rings. The number of alkyl halides is 3. The number of nitrogens with zero attached hydrogens (tertiary/aromatic N) is 1. The number of hydrogen-bond donors (Lipinski definition) is 0. The molecule has 155 valence electrons. The largest absolute Gasteiger partial charge is 0.416 e. The first-order valence-electron chi connectivity index (χ1n) is 10.4. The van der Waals surface area contributed by atoms with E-state index in [4.69, 9.17) is 0 Å². The van der Waals surface area contributed by atoms with Gasteiger partial charge in [0.2, 0.25) is 0 Å². The van der Waals surface area contributed by atoms with Crippen LogP contribution in [0.5, 0.6) is 0 Å². The van der Waals surface area contributed by atoms with Gasteiger partial charge in [-0.15, -0.1) is 0 Å². The van der Waals surface area contributed by atoms with E-state index in [1.54, 1.807) is 0 Å². The zero-order valence-electron chi connectivity index (χ0n) is 17.1. The summed E-state index contributed by atoms with van der Waals surface area (Å²) in [6.45, 7) is 3.11. The Hall–Kier alpha value is -2.25. The molecule has 0 aliphatic rings. The minimum atomic E-state index is -4.30. The quantitative estimate of drug-likeness (QED) is 0.298. The van der Waals surface area contributed by atoms with Crippen molar-refractivity contribution in [3.63, 3.8) is 0 Å². The third-order valence-corrected chi connectivity index (χ3v) is 4.75. The van der Waals surface area contributed by atoms with E-state index in [-0.39, 0.29) is 0 Å². The van der Waals surface area contributed by atoms with E-state index in [9.17, 15) is 13.2 Å². The van der Waals surface area contributed by atoms with Gasteiger partial charge >= 0.3 is 6.18 Å². The Bertz CT molecular complexity index is 782. The Kier molecular flexibility index (Phi) is 9.80. The van der Waals surface area contributed by atoms with Crippen molar-refractivity contribution in [1.82, 2.24) is 5.32 Å². The molecule has 1 radical (unpaired) electrons. The highest BCUT2D eigenvalue weighted by atomic mass is 19.4. The fourth-order valence-electron chi connectivity index (χ4n) is 3.04. The minimum absolute atomic E-state index is 0.387. The Balaban J connectivity index is 1.79. The normalized spacial score (nSPS) is 11.2. The van der Waals surface area contributed by atoms with Crippen LogP contribution < -0.4 is 5.32 Å². The van der Waals surface area contributed by atoms with Gasteiger partial charge in [0.1, 0.15) is 0 Å². The average molecular weight is 401 g/mol. The average Bonchev–Trinajstić information content (AvgIpc) is 2.71. The molecule has 0 amide bonds. The molecule has 1 nitrogen and oxygen atoms in total. The van der Waals surface area contributed by atoms with Crippen molar-refractivity contribution >= 4 is 0 Å². The van der Waals surface area contributed by atoms with E-state index in [2.05, 4.69) is 24.1 Å². The lowest BCUT2D eigenvalue weighted by atomic mass is 10.1. The molecular weight excluding hydrogens is 371 g/mol. The molecule has 2 aromatic rings. The molecule has 0 aliphatic carbocycles. The van der Waals surface area contributed by atoms with Crippen molar-refractivity contribution in [3.05, 3.63) is 70.8 Å². The number of halogens is 3. The van der Waals surface area contributed by atoms with Gasteiger partial charge in [-0.2, -0.15) is 13.2 Å². The molecule has 0 aliphatic heterocycles. The number of benzene rings is 2. The summed E-state index contributed by atoms with van der Waals surface area (Å²) < 4.78 is 37.9. The molecule has 0 heterocycles. The molecule has 0 saturated heterocycles. The molecule has 0 unspecified atom stereocenters. The van der Waals surface area contributed by atoms with Crippen molar-refractivity contribution in [2.24, 2.45) is 0 Å². The van der Waals surface area contributed by atoms with Crippen molar-refractivity contribution in [2.45, 2.75) is 71.1 Å². The maximum atomic E-state index is 12.6. The topological polar surface area (TPSA) is 14.1 Å². The smallest absolute Gasteiger partial charge is 0.232 e. The first kappa shape index (κ1) is 23.0. The van der Waals surface area contributed by atoms with E-state index in [0.29, 0.717) is 13.1 Å². The van der Waals surface area contributed by atoms with Gasteiger partial charge < -0.3 is 0 Å². The van der Waals surface area contributed by atoms with Gasteiger partial charge in [-0.25, -0.2) is 5.32 Å². The molecule has 0 N–H and O–H groups in total. The monoisotopic (exact) mass is 400 g/mol. The predicted molar refractivity (Wildman–Crippen MR) is 112 cm³/mol. The molecule has 0 spiro atoms. The Morgan fingerprint density at radius 1 is 0.828 bits per heavy atom. The lowest BCUT2D eigenvalue weighted by molar-refractivity contribution is -0.137. The van der Waals surface area contributed by atoms with Crippen molar-refractivity contribution in [3.8, 4) is 11.8 Å². The molecule has 29 heavy (non-hydrogen) atoms. The summed E-state index contributed by atoms with van der Waals surface area (Å²) in [4.78, 5) is 0. The fraction of sp³-hybridized carbons (Fsp3) is 0.440. The second-order valence-electron chi connectivity index (χ2n) is 7.21.